The second-order valence-corrected chi connectivity index (χ2v) is 9.16. The molecule has 1 heterocycles. The van der Waals surface area contributed by atoms with Gasteiger partial charge in [-0.3, -0.25) is 4.98 Å². The molecule has 0 aliphatic heterocycles. The van der Waals surface area contributed by atoms with Crippen LogP contribution in [-0.4, -0.2) is 27.7 Å². The van der Waals surface area contributed by atoms with Crippen LogP contribution in [-0.2, 0) is 9.73 Å². The molecule has 0 fully saturated rings. The predicted octanol–water partition coefficient (Wildman–Crippen LogP) is 5.62. The Labute approximate surface area is 179 Å². The number of pyridine rings is 1. The Bertz CT molecular complexity index is 1400. The number of aromatic nitrogens is 1. The molecule has 6 nitrogen and oxygen atoms in total. The van der Waals surface area contributed by atoms with Crippen LogP contribution in [0.4, 0.5) is 21.5 Å². The van der Waals surface area contributed by atoms with Crippen molar-refractivity contribution >= 4 is 37.7 Å². The Morgan fingerprint density at radius 3 is 2.68 bits per heavy atom. The van der Waals surface area contributed by atoms with Gasteiger partial charge in [-0.05, 0) is 36.4 Å². The van der Waals surface area contributed by atoms with Crippen LogP contribution < -0.4 is 10.1 Å². The first-order valence-corrected chi connectivity index (χ1v) is 11.3. The van der Waals surface area contributed by atoms with E-state index >= 15 is 0 Å². The standard InChI is InChI=1S/C23H20FN3O3S/c1-30-18-12-16(11-17(28)14-18)26-22-9-10-25-21-8-7-15(13-19(21)22)27-31(2,29)23-6-4-3-5-20(23)24/h3-14,28H,1-2H3,(H,25,26). The molecule has 0 spiro atoms. The number of benzene rings is 3. The summed E-state index contributed by atoms with van der Waals surface area (Å²) >= 11 is 0. The van der Waals surface area contributed by atoms with Crippen LogP contribution in [0.1, 0.15) is 0 Å². The van der Waals surface area contributed by atoms with Gasteiger partial charge in [-0.1, -0.05) is 12.1 Å². The molecule has 0 aliphatic carbocycles. The number of fused-ring (bicyclic) bond motifs is 1. The monoisotopic (exact) mass is 437 g/mol. The number of aromatic hydroxyl groups is 1. The van der Waals surface area contributed by atoms with E-state index < -0.39 is 15.5 Å². The van der Waals surface area contributed by atoms with Crippen molar-refractivity contribution in [2.75, 3.05) is 18.7 Å². The lowest BCUT2D eigenvalue weighted by atomic mass is 10.1. The van der Waals surface area contributed by atoms with Crippen molar-refractivity contribution in [3.8, 4) is 11.5 Å². The molecular weight excluding hydrogens is 417 g/mol. The van der Waals surface area contributed by atoms with E-state index in [0.717, 1.165) is 5.39 Å². The average Bonchev–Trinajstić information content (AvgIpc) is 2.73. The molecule has 31 heavy (non-hydrogen) atoms. The predicted molar refractivity (Wildman–Crippen MR) is 121 cm³/mol. The lowest BCUT2D eigenvalue weighted by Gasteiger charge is -2.12. The lowest BCUT2D eigenvalue weighted by Crippen LogP contribution is -2.00. The van der Waals surface area contributed by atoms with Crippen LogP contribution in [0.15, 0.2) is 82.2 Å². The SMILES string of the molecule is COc1cc(O)cc(Nc2ccnc3ccc(N=S(C)(=O)c4ccccc4F)cc23)c1. The zero-order valence-corrected chi connectivity index (χ0v) is 17.7. The maximum absolute atomic E-state index is 14.2. The van der Waals surface area contributed by atoms with E-state index in [1.54, 1.807) is 54.7 Å². The topological polar surface area (TPSA) is 83.8 Å². The van der Waals surface area contributed by atoms with Crippen molar-refractivity contribution in [2.24, 2.45) is 4.36 Å². The highest BCUT2D eigenvalue weighted by Gasteiger charge is 2.12. The summed E-state index contributed by atoms with van der Waals surface area (Å²) < 4.78 is 36.8. The first-order chi connectivity index (χ1) is 14.9. The molecule has 1 aromatic heterocycles. The minimum absolute atomic E-state index is 0.0616. The second-order valence-electron chi connectivity index (χ2n) is 6.93. The second kappa shape index (κ2) is 8.23. The van der Waals surface area contributed by atoms with Gasteiger partial charge in [0.2, 0.25) is 0 Å². The summed E-state index contributed by atoms with van der Waals surface area (Å²) in [5.74, 6) is 0.0139. The lowest BCUT2D eigenvalue weighted by molar-refractivity contribution is 0.408. The number of phenols is 1. The molecule has 0 aliphatic rings. The number of ether oxygens (including phenoxy) is 1. The van der Waals surface area contributed by atoms with Crippen molar-refractivity contribution in [1.82, 2.24) is 4.98 Å². The molecule has 1 unspecified atom stereocenters. The van der Waals surface area contributed by atoms with Gasteiger partial charge in [0.25, 0.3) is 0 Å². The molecule has 0 amide bonds. The zero-order valence-electron chi connectivity index (χ0n) is 16.9. The van der Waals surface area contributed by atoms with Crippen molar-refractivity contribution in [3.63, 3.8) is 0 Å². The minimum Gasteiger partial charge on any atom is -0.508 e. The molecule has 0 saturated heterocycles. The van der Waals surface area contributed by atoms with E-state index in [1.165, 1.54) is 31.6 Å². The summed E-state index contributed by atoms with van der Waals surface area (Å²) in [5.41, 5.74) is 2.47. The summed E-state index contributed by atoms with van der Waals surface area (Å²) in [6.45, 7) is 0. The van der Waals surface area contributed by atoms with Crippen molar-refractivity contribution < 1.29 is 18.4 Å². The number of hydrogen-bond acceptors (Lipinski definition) is 6. The van der Waals surface area contributed by atoms with E-state index in [-0.39, 0.29) is 10.6 Å². The quantitative estimate of drug-likeness (QED) is 0.423. The molecule has 0 saturated carbocycles. The van der Waals surface area contributed by atoms with Gasteiger partial charge in [0.1, 0.15) is 17.3 Å². The largest absolute Gasteiger partial charge is 0.508 e. The maximum Gasteiger partial charge on any atom is 0.140 e. The third kappa shape index (κ3) is 4.44. The Morgan fingerprint density at radius 1 is 1.10 bits per heavy atom. The average molecular weight is 437 g/mol. The van der Waals surface area contributed by atoms with Gasteiger partial charge in [-0.2, -0.15) is 4.36 Å². The Morgan fingerprint density at radius 2 is 1.90 bits per heavy atom. The number of halogens is 1. The third-order valence-corrected chi connectivity index (χ3v) is 6.36. The summed E-state index contributed by atoms with van der Waals surface area (Å²) in [4.78, 5) is 4.42. The number of rotatable bonds is 5. The first-order valence-electron chi connectivity index (χ1n) is 9.36. The Balaban J connectivity index is 1.79. The third-order valence-electron chi connectivity index (χ3n) is 4.66. The number of nitrogens with zero attached hydrogens (tertiary/aromatic N) is 2. The molecule has 8 heteroatoms. The molecule has 1 atom stereocenters. The van der Waals surface area contributed by atoms with Crippen LogP contribution in [0.25, 0.3) is 10.9 Å². The van der Waals surface area contributed by atoms with Crippen LogP contribution in [0.5, 0.6) is 11.5 Å². The van der Waals surface area contributed by atoms with E-state index in [2.05, 4.69) is 14.7 Å². The van der Waals surface area contributed by atoms with Gasteiger partial charge in [0.05, 0.1) is 32.9 Å². The fourth-order valence-electron chi connectivity index (χ4n) is 3.23. The van der Waals surface area contributed by atoms with Gasteiger partial charge in [-0.25, -0.2) is 8.60 Å². The van der Waals surface area contributed by atoms with E-state index in [9.17, 15) is 13.7 Å². The van der Waals surface area contributed by atoms with Crippen LogP contribution in [0.3, 0.4) is 0 Å². The van der Waals surface area contributed by atoms with Crippen LogP contribution >= 0.6 is 0 Å². The molecule has 2 N–H and O–H groups in total. The van der Waals surface area contributed by atoms with Crippen molar-refractivity contribution in [2.45, 2.75) is 4.90 Å². The molecule has 4 rings (SSSR count). The molecule has 4 aromatic rings. The van der Waals surface area contributed by atoms with Crippen molar-refractivity contribution in [1.29, 1.82) is 0 Å². The van der Waals surface area contributed by atoms with E-state index in [4.69, 9.17) is 4.74 Å². The Kier molecular flexibility index (Phi) is 5.48. The van der Waals surface area contributed by atoms with E-state index in [1.807, 2.05) is 0 Å². The minimum atomic E-state index is -2.99. The zero-order chi connectivity index (χ0) is 22.0. The van der Waals surface area contributed by atoms with E-state index in [0.29, 0.717) is 28.3 Å². The van der Waals surface area contributed by atoms with Gasteiger partial charge >= 0.3 is 0 Å². The molecule has 0 radical (unpaired) electrons. The summed E-state index contributed by atoms with van der Waals surface area (Å²) in [6.07, 6.45) is 3.07. The van der Waals surface area contributed by atoms with Crippen LogP contribution in [0.2, 0.25) is 0 Å². The maximum atomic E-state index is 14.2. The molecular formula is C23H20FN3O3S. The smallest absolute Gasteiger partial charge is 0.140 e. The number of anilines is 2. The van der Waals surface area contributed by atoms with Gasteiger partial charge < -0.3 is 15.2 Å². The highest BCUT2D eigenvalue weighted by molar-refractivity contribution is 7.93. The van der Waals surface area contributed by atoms with Gasteiger partial charge in [-0.15, -0.1) is 0 Å². The molecule has 0 bridgehead atoms. The first kappa shape index (κ1) is 20.6. The normalized spacial score (nSPS) is 12.9. The fraction of sp³-hybridized carbons (Fsp3) is 0.0870. The molecule has 158 valence electrons. The fourth-order valence-corrected chi connectivity index (χ4v) is 4.61. The number of methoxy groups -OCH3 is 1. The number of nitrogens with one attached hydrogen (secondary N) is 1. The van der Waals surface area contributed by atoms with Gasteiger partial charge in [0, 0.05) is 47.4 Å². The van der Waals surface area contributed by atoms with Crippen molar-refractivity contribution in [3.05, 3.63) is 78.7 Å². The highest BCUT2D eigenvalue weighted by atomic mass is 32.2. The summed E-state index contributed by atoms with van der Waals surface area (Å²) in [6, 6.07) is 17.7. The summed E-state index contributed by atoms with van der Waals surface area (Å²) in [5, 5.41) is 13.9. The Hall–Kier alpha value is -3.65. The van der Waals surface area contributed by atoms with Gasteiger partial charge in [0.15, 0.2) is 0 Å². The number of hydrogen-bond donors (Lipinski definition) is 2. The van der Waals surface area contributed by atoms with Crippen LogP contribution in [0, 0.1) is 5.82 Å². The molecule has 3 aromatic carbocycles. The summed E-state index contributed by atoms with van der Waals surface area (Å²) in [7, 11) is -1.47. The number of phenolic OH excluding ortho intramolecular Hbond substituents is 1. The highest BCUT2D eigenvalue weighted by Crippen LogP contribution is 2.32.